The number of hydrogen-bond acceptors (Lipinski definition) is 2. The van der Waals surface area contributed by atoms with Crippen molar-refractivity contribution in [1.82, 2.24) is 4.98 Å². The van der Waals surface area contributed by atoms with Gasteiger partial charge in [0.1, 0.15) is 5.52 Å². The smallest absolute Gasteiger partial charge is 0.505 e. The van der Waals surface area contributed by atoms with Crippen LogP contribution in [0.3, 0.4) is 0 Å². The van der Waals surface area contributed by atoms with E-state index in [0.717, 1.165) is 5.39 Å². The first-order valence-corrected chi connectivity index (χ1v) is 5.07. The van der Waals surface area contributed by atoms with Crippen molar-refractivity contribution in [1.29, 1.82) is 0 Å². The van der Waals surface area contributed by atoms with E-state index in [9.17, 15) is 5.11 Å². The molecule has 0 spiro atoms. The zero-order valence-electron chi connectivity index (χ0n) is 6.81. The van der Waals surface area contributed by atoms with Gasteiger partial charge in [0, 0.05) is 11.6 Å². The van der Waals surface area contributed by atoms with Crippen LogP contribution in [-0.4, -0.2) is 10.1 Å². The van der Waals surface area contributed by atoms with Crippen LogP contribution < -0.4 is 0 Å². The molecule has 0 aliphatic rings. The number of benzene rings is 1. The molecular formula is C9H5ClFeINO+2. The van der Waals surface area contributed by atoms with Crippen LogP contribution in [0.25, 0.3) is 10.9 Å². The van der Waals surface area contributed by atoms with Gasteiger partial charge in [-0.1, -0.05) is 11.6 Å². The zero-order chi connectivity index (χ0) is 9.42. The van der Waals surface area contributed by atoms with Gasteiger partial charge in [0.25, 0.3) is 0 Å². The Bertz CT molecular complexity index is 478. The molecule has 1 N–H and O–H groups in total. The monoisotopic (exact) mass is 357 g/mol. The van der Waals surface area contributed by atoms with E-state index in [4.69, 9.17) is 11.6 Å². The Morgan fingerprint density at radius 2 is 2.14 bits per heavy atom. The van der Waals surface area contributed by atoms with Crippen LogP contribution in [0, 0.1) is 3.57 Å². The van der Waals surface area contributed by atoms with Crippen molar-refractivity contribution < 1.29 is 22.2 Å². The maximum Gasteiger partial charge on any atom is 2.00 e. The molecule has 0 unspecified atom stereocenters. The van der Waals surface area contributed by atoms with Gasteiger partial charge >= 0.3 is 17.1 Å². The minimum atomic E-state index is 0. The molecule has 1 aromatic carbocycles. The number of pyridine rings is 1. The molecule has 0 bridgehead atoms. The number of halogens is 2. The van der Waals surface area contributed by atoms with Gasteiger partial charge in [-0.25, -0.2) is 0 Å². The van der Waals surface area contributed by atoms with Crippen LogP contribution in [0.15, 0.2) is 24.4 Å². The van der Waals surface area contributed by atoms with Crippen LogP contribution >= 0.6 is 34.2 Å². The quantitative estimate of drug-likeness (QED) is 0.580. The van der Waals surface area contributed by atoms with Crippen LogP contribution in [0.4, 0.5) is 0 Å². The predicted molar refractivity (Wildman–Crippen MR) is 61.1 cm³/mol. The van der Waals surface area contributed by atoms with Crippen molar-refractivity contribution in [2.75, 3.05) is 0 Å². The Morgan fingerprint density at radius 3 is 2.86 bits per heavy atom. The number of phenolic OH excluding ortho intramolecular Hbond substituents is 1. The summed E-state index contributed by atoms with van der Waals surface area (Å²) in [6.07, 6.45) is 1.63. The van der Waals surface area contributed by atoms with Gasteiger partial charge in [0.15, 0.2) is 5.75 Å². The normalized spacial score (nSPS) is 9.86. The summed E-state index contributed by atoms with van der Waals surface area (Å²) in [4.78, 5) is 4.06. The molecule has 2 rings (SSSR count). The average molecular weight is 357 g/mol. The average Bonchev–Trinajstić information content (AvgIpc) is 2.15. The van der Waals surface area contributed by atoms with E-state index in [1.807, 2.05) is 28.7 Å². The van der Waals surface area contributed by atoms with Gasteiger partial charge in [0.05, 0.1) is 8.59 Å². The number of aromatic nitrogens is 1. The van der Waals surface area contributed by atoms with Gasteiger partial charge in [-0.2, -0.15) is 0 Å². The van der Waals surface area contributed by atoms with Gasteiger partial charge < -0.3 is 5.11 Å². The molecule has 5 heteroatoms. The fourth-order valence-corrected chi connectivity index (χ4v) is 2.17. The van der Waals surface area contributed by atoms with E-state index in [1.54, 1.807) is 18.3 Å². The standard InChI is InChI=1S/C9H5ClINO.Fe/c10-6-4-7(11)9(13)8-5(6)2-1-3-12-8;/h1-4,13H;/q;+2/i11-4;. The minimum Gasteiger partial charge on any atom is -0.505 e. The molecule has 0 atom stereocenters. The SMILES string of the molecule is Oc1c([123I])cc(Cl)c2cccnc12.[Fe+2]. The van der Waals surface area contributed by atoms with E-state index >= 15 is 0 Å². The first-order chi connectivity index (χ1) is 6.20. The molecule has 0 aliphatic heterocycles. The molecule has 14 heavy (non-hydrogen) atoms. The second-order valence-electron chi connectivity index (χ2n) is 2.59. The number of aromatic hydroxyl groups is 1. The van der Waals surface area contributed by atoms with E-state index in [1.165, 1.54) is 0 Å². The Kier molecular flexibility index (Phi) is 4.01. The van der Waals surface area contributed by atoms with Crippen LogP contribution in [0.2, 0.25) is 5.02 Å². The van der Waals surface area contributed by atoms with Gasteiger partial charge in [-0.05, 0) is 40.8 Å². The molecule has 1 aromatic heterocycles. The van der Waals surface area contributed by atoms with Crippen molar-refractivity contribution in [2.24, 2.45) is 0 Å². The summed E-state index contributed by atoms with van der Waals surface area (Å²) >= 11 is 8.00. The van der Waals surface area contributed by atoms with Crippen molar-refractivity contribution >= 4 is 45.1 Å². The molecule has 2 nitrogen and oxygen atoms in total. The van der Waals surface area contributed by atoms with Gasteiger partial charge in [-0.3, -0.25) is 4.98 Å². The summed E-state index contributed by atoms with van der Waals surface area (Å²) in [5, 5.41) is 11.0. The first kappa shape index (κ1) is 12.0. The van der Waals surface area contributed by atoms with E-state index in [2.05, 4.69) is 4.98 Å². The number of phenols is 1. The summed E-state index contributed by atoms with van der Waals surface area (Å²) in [7, 11) is 0. The number of fused-ring (bicyclic) bond motifs is 1. The molecule has 0 amide bonds. The van der Waals surface area contributed by atoms with Crippen LogP contribution in [0.1, 0.15) is 0 Å². The molecule has 2 aromatic rings. The van der Waals surface area contributed by atoms with Gasteiger partial charge in [-0.15, -0.1) is 0 Å². The van der Waals surface area contributed by atoms with Crippen LogP contribution in [0.5, 0.6) is 5.75 Å². The molecule has 0 fully saturated rings. The fraction of sp³-hybridized carbons (Fsp3) is 0. The molecule has 0 aliphatic carbocycles. The van der Waals surface area contributed by atoms with Crippen molar-refractivity contribution in [2.45, 2.75) is 0 Å². The largest absolute Gasteiger partial charge is 2.00 e. The Labute approximate surface area is 110 Å². The van der Waals surface area contributed by atoms with E-state index < -0.39 is 0 Å². The second-order valence-corrected chi connectivity index (χ2v) is 4.16. The van der Waals surface area contributed by atoms with Gasteiger partial charge in [0.2, 0.25) is 0 Å². The Balaban J connectivity index is 0.000000980. The van der Waals surface area contributed by atoms with E-state index in [0.29, 0.717) is 14.1 Å². The Hall–Kier alpha value is -0.0305. The number of hydrogen-bond donors (Lipinski definition) is 1. The van der Waals surface area contributed by atoms with E-state index in [-0.39, 0.29) is 22.8 Å². The molecule has 1 heterocycles. The molecule has 72 valence electrons. The number of rotatable bonds is 0. The number of nitrogens with zero attached hydrogens (tertiary/aromatic N) is 1. The minimum absolute atomic E-state index is 0. The molecular weight excluding hydrogens is 352 g/mol. The summed E-state index contributed by atoms with van der Waals surface area (Å²) in [5.41, 5.74) is 0.555. The molecule has 0 saturated heterocycles. The maximum atomic E-state index is 9.65. The van der Waals surface area contributed by atoms with Crippen molar-refractivity contribution in [3.8, 4) is 5.75 Å². The second kappa shape index (κ2) is 4.66. The summed E-state index contributed by atoms with van der Waals surface area (Å²) in [6.45, 7) is 0. The van der Waals surface area contributed by atoms with Crippen LogP contribution in [-0.2, 0) is 17.1 Å². The topological polar surface area (TPSA) is 33.1 Å². The predicted octanol–water partition coefficient (Wildman–Crippen LogP) is 3.20. The maximum absolute atomic E-state index is 9.65. The molecule has 0 saturated carbocycles. The summed E-state index contributed by atoms with van der Waals surface area (Å²) in [5.74, 6) is 0.195. The third-order valence-electron chi connectivity index (χ3n) is 1.77. The Morgan fingerprint density at radius 1 is 1.43 bits per heavy atom. The summed E-state index contributed by atoms with van der Waals surface area (Å²) < 4.78 is 0.716. The first-order valence-electron chi connectivity index (χ1n) is 3.62. The molecule has 0 radical (unpaired) electrons. The van der Waals surface area contributed by atoms with Crippen molar-refractivity contribution in [3.63, 3.8) is 0 Å². The third kappa shape index (κ3) is 1.98. The fourth-order valence-electron chi connectivity index (χ4n) is 1.16. The summed E-state index contributed by atoms with van der Waals surface area (Å²) in [6, 6.07) is 5.35. The zero-order valence-corrected chi connectivity index (χ0v) is 10.8. The third-order valence-corrected chi connectivity index (χ3v) is 2.90. The van der Waals surface area contributed by atoms with Crippen molar-refractivity contribution in [3.05, 3.63) is 33.0 Å².